The van der Waals surface area contributed by atoms with E-state index in [4.69, 9.17) is 4.74 Å². The zero-order valence-corrected chi connectivity index (χ0v) is 14.0. The molecule has 0 fully saturated rings. The third kappa shape index (κ3) is 3.77. The van der Waals surface area contributed by atoms with Crippen molar-refractivity contribution >= 4 is 29.7 Å². The second-order valence-electron chi connectivity index (χ2n) is 5.70. The molecule has 0 N–H and O–H groups in total. The van der Waals surface area contributed by atoms with Crippen molar-refractivity contribution in [3.05, 3.63) is 33.3 Å². The number of fused-ring (bicyclic) bond motifs is 1. The van der Waals surface area contributed by atoms with Crippen molar-refractivity contribution in [2.24, 2.45) is 0 Å². The first kappa shape index (κ1) is 14.5. The normalized spacial score (nSPS) is 12.2. The van der Waals surface area contributed by atoms with Gasteiger partial charge in [0.1, 0.15) is 6.73 Å². The standard InChI is InChI=1S/C12H18BrN3O2Si/c1-19(2,3)7-6-18-9-16-12(17)15-5-4-10(13)8-11(15)14-16/h4-5,8H,6-7,9H2,1-3H3. The average molecular weight is 344 g/mol. The molecule has 104 valence electrons. The number of rotatable bonds is 5. The number of ether oxygens (including phenoxy) is 1. The quantitative estimate of drug-likeness (QED) is 0.619. The van der Waals surface area contributed by atoms with Gasteiger partial charge >= 0.3 is 5.69 Å². The minimum Gasteiger partial charge on any atom is -0.359 e. The topological polar surface area (TPSA) is 48.5 Å². The average Bonchev–Trinajstić information content (AvgIpc) is 2.60. The van der Waals surface area contributed by atoms with Crippen LogP contribution in [0.5, 0.6) is 0 Å². The number of pyridine rings is 1. The van der Waals surface area contributed by atoms with Crippen molar-refractivity contribution in [2.45, 2.75) is 32.4 Å². The molecule has 0 bridgehead atoms. The van der Waals surface area contributed by atoms with Gasteiger partial charge in [-0.3, -0.25) is 4.40 Å². The first-order chi connectivity index (χ1) is 8.87. The lowest BCUT2D eigenvalue weighted by Crippen LogP contribution is -2.25. The Morgan fingerprint density at radius 2 is 2.16 bits per heavy atom. The molecule has 0 aliphatic carbocycles. The van der Waals surface area contributed by atoms with E-state index in [-0.39, 0.29) is 12.4 Å². The molecule has 0 saturated carbocycles. The molecule has 2 rings (SSSR count). The van der Waals surface area contributed by atoms with E-state index in [0.717, 1.165) is 10.5 Å². The molecule has 2 aromatic rings. The van der Waals surface area contributed by atoms with Crippen molar-refractivity contribution in [3.8, 4) is 0 Å². The van der Waals surface area contributed by atoms with Gasteiger partial charge in [-0.1, -0.05) is 35.6 Å². The molecule has 0 aromatic carbocycles. The third-order valence-corrected chi connectivity index (χ3v) is 4.95. The summed E-state index contributed by atoms with van der Waals surface area (Å²) in [5.41, 5.74) is 0.448. The van der Waals surface area contributed by atoms with Crippen molar-refractivity contribution in [1.29, 1.82) is 0 Å². The van der Waals surface area contributed by atoms with Gasteiger partial charge in [0.2, 0.25) is 0 Å². The SMILES string of the molecule is C[Si](C)(C)CCOCn1nc2cc(Br)ccn2c1=O. The predicted octanol–water partition coefficient (Wildman–Crippen LogP) is 2.57. The van der Waals surface area contributed by atoms with Crippen molar-refractivity contribution in [2.75, 3.05) is 6.61 Å². The Hall–Kier alpha value is -0.923. The maximum absolute atomic E-state index is 12.0. The summed E-state index contributed by atoms with van der Waals surface area (Å²) >= 11 is 3.36. The third-order valence-electron chi connectivity index (χ3n) is 2.76. The molecule has 0 unspecified atom stereocenters. The fraction of sp³-hybridized carbons (Fsp3) is 0.500. The van der Waals surface area contributed by atoms with Crippen LogP contribution in [0, 0.1) is 0 Å². The van der Waals surface area contributed by atoms with Gasteiger partial charge in [0.25, 0.3) is 0 Å². The van der Waals surface area contributed by atoms with Crippen LogP contribution >= 0.6 is 15.9 Å². The molecule has 2 aromatic heterocycles. The summed E-state index contributed by atoms with van der Waals surface area (Å²) in [4.78, 5) is 12.0. The van der Waals surface area contributed by atoms with Crippen LogP contribution in [-0.2, 0) is 11.5 Å². The summed E-state index contributed by atoms with van der Waals surface area (Å²) in [6, 6.07) is 4.70. The van der Waals surface area contributed by atoms with E-state index >= 15 is 0 Å². The van der Waals surface area contributed by atoms with Gasteiger partial charge in [-0.25, -0.2) is 4.79 Å². The molecule has 0 aliphatic rings. The Kier molecular flexibility index (Phi) is 4.27. The summed E-state index contributed by atoms with van der Waals surface area (Å²) in [5.74, 6) is 0. The van der Waals surface area contributed by atoms with Gasteiger partial charge in [0.05, 0.1) is 0 Å². The van der Waals surface area contributed by atoms with E-state index < -0.39 is 8.07 Å². The number of halogens is 1. The summed E-state index contributed by atoms with van der Waals surface area (Å²) in [7, 11) is -1.09. The lowest BCUT2D eigenvalue weighted by molar-refractivity contribution is 0.0761. The van der Waals surface area contributed by atoms with E-state index in [2.05, 4.69) is 40.7 Å². The largest absolute Gasteiger partial charge is 0.359 e. The highest BCUT2D eigenvalue weighted by molar-refractivity contribution is 9.10. The Balaban J connectivity index is 2.05. The van der Waals surface area contributed by atoms with Gasteiger partial charge in [-0.05, 0) is 18.2 Å². The van der Waals surface area contributed by atoms with Crippen LogP contribution in [0.25, 0.3) is 5.65 Å². The lowest BCUT2D eigenvalue weighted by atomic mass is 10.5. The van der Waals surface area contributed by atoms with E-state index in [0.29, 0.717) is 12.3 Å². The van der Waals surface area contributed by atoms with E-state index in [1.165, 1.54) is 9.08 Å². The van der Waals surface area contributed by atoms with Crippen LogP contribution in [0.3, 0.4) is 0 Å². The highest BCUT2D eigenvalue weighted by Crippen LogP contribution is 2.10. The fourth-order valence-corrected chi connectivity index (χ4v) is 2.69. The highest BCUT2D eigenvalue weighted by Gasteiger charge is 2.12. The minimum atomic E-state index is -1.09. The summed E-state index contributed by atoms with van der Waals surface area (Å²) < 4.78 is 9.31. The smallest absolute Gasteiger partial charge is 0.352 e. The van der Waals surface area contributed by atoms with Gasteiger partial charge in [0, 0.05) is 25.4 Å². The van der Waals surface area contributed by atoms with Crippen LogP contribution in [0.15, 0.2) is 27.6 Å². The van der Waals surface area contributed by atoms with Crippen molar-refractivity contribution in [1.82, 2.24) is 14.2 Å². The van der Waals surface area contributed by atoms with Crippen LogP contribution in [0.1, 0.15) is 0 Å². The Labute approximate surface area is 121 Å². The molecule has 7 heteroatoms. The Morgan fingerprint density at radius 1 is 1.42 bits per heavy atom. The lowest BCUT2D eigenvalue weighted by Gasteiger charge is -2.14. The first-order valence-electron chi connectivity index (χ1n) is 6.19. The van der Waals surface area contributed by atoms with E-state index in [1.54, 1.807) is 12.3 Å². The minimum absolute atomic E-state index is 0.171. The van der Waals surface area contributed by atoms with Gasteiger partial charge < -0.3 is 4.74 Å². The zero-order valence-electron chi connectivity index (χ0n) is 11.4. The van der Waals surface area contributed by atoms with Crippen LogP contribution in [0.4, 0.5) is 0 Å². The first-order valence-corrected chi connectivity index (χ1v) is 10.7. The molecule has 2 heterocycles. The molecule has 0 spiro atoms. The zero-order chi connectivity index (χ0) is 14.0. The molecule has 0 radical (unpaired) electrons. The monoisotopic (exact) mass is 343 g/mol. The van der Waals surface area contributed by atoms with E-state index in [1.807, 2.05) is 6.07 Å². The molecule has 0 aliphatic heterocycles. The van der Waals surface area contributed by atoms with Crippen LogP contribution in [-0.4, -0.2) is 28.9 Å². The summed E-state index contributed by atoms with van der Waals surface area (Å²) in [6.07, 6.45) is 1.70. The number of hydrogen-bond donors (Lipinski definition) is 0. The molecular formula is C12H18BrN3O2Si. The molecule has 0 saturated heterocycles. The molecule has 0 atom stereocenters. The Bertz CT molecular complexity index is 630. The summed E-state index contributed by atoms with van der Waals surface area (Å²) in [5, 5.41) is 4.23. The van der Waals surface area contributed by atoms with Crippen molar-refractivity contribution in [3.63, 3.8) is 0 Å². The molecule has 19 heavy (non-hydrogen) atoms. The summed E-state index contributed by atoms with van der Waals surface area (Å²) in [6.45, 7) is 7.78. The fourth-order valence-electron chi connectivity index (χ4n) is 1.61. The van der Waals surface area contributed by atoms with Gasteiger partial charge in [0.15, 0.2) is 5.65 Å². The maximum atomic E-state index is 12.0. The maximum Gasteiger partial charge on any atom is 0.352 e. The Morgan fingerprint density at radius 3 is 2.84 bits per heavy atom. The highest BCUT2D eigenvalue weighted by atomic mass is 79.9. The molecular weight excluding hydrogens is 326 g/mol. The number of nitrogens with zero attached hydrogens (tertiary/aromatic N) is 3. The number of hydrogen-bond acceptors (Lipinski definition) is 3. The second kappa shape index (κ2) is 5.60. The van der Waals surface area contributed by atoms with Crippen LogP contribution in [0.2, 0.25) is 25.7 Å². The molecule has 5 nitrogen and oxygen atoms in total. The van der Waals surface area contributed by atoms with Gasteiger partial charge in [-0.15, -0.1) is 5.10 Å². The van der Waals surface area contributed by atoms with E-state index in [9.17, 15) is 4.79 Å². The van der Waals surface area contributed by atoms with Crippen LogP contribution < -0.4 is 5.69 Å². The second-order valence-corrected chi connectivity index (χ2v) is 12.2. The molecule has 0 amide bonds. The predicted molar refractivity (Wildman–Crippen MR) is 81.3 cm³/mol. The van der Waals surface area contributed by atoms with Crippen molar-refractivity contribution < 1.29 is 4.74 Å². The van der Waals surface area contributed by atoms with Gasteiger partial charge in [-0.2, -0.15) is 4.68 Å². The number of aromatic nitrogens is 3.